The molecule has 2 nitrogen and oxygen atoms in total. The maximum absolute atomic E-state index is 13.0. The molecule has 4 aliphatic rings. The molecular formula is C18H22BrNO. The van der Waals surface area contributed by atoms with Crippen molar-refractivity contribution >= 4 is 21.7 Å². The van der Waals surface area contributed by atoms with Crippen LogP contribution in [-0.4, -0.2) is 10.8 Å². The quantitative estimate of drug-likeness (QED) is 0.801. The second-order valence-corrected chi connectivity index (χ2v) is 9.04. The number of halogens is 1. The smallest absolute Gasteiger partial charge is 0.145 e. The first kappa shape index (κ1) is 13.9. The summed E-state index contributed by atoms with van der Waals surface area (Å²) in [6.07, 6.45) is 9.82. The van der Waals surface area contributed by atoms with E-state index in [2.05, 4.69) is 27.8 Å². The lowest BCUT2D eigenvalue weighted by Crippen LogP contribution is -2.54. The van der Waals surface area contributed by atoms with E-state index in [0.29, 0.717) is 17.6 Å². The Kier molecular flexibility index (Phi) is 3.08. The third-order valence-electron chi connectivity index (χ3n) is 6.08. The van der Waals surface area contributed by atoms with E-state index in [0.717, 1.165) is 41.3 Å². The second-order valence-electron chi connectivity index (χ2n) is 8.12. The van der Waals surface area contributed by atoms with Gasteiger partial charge in [-0.2, -0.15) is 0 Å². The first-order valence-electron chi connectivity index (χ1n) is 8.10. The van der Waals surface area contributed by atoms with Crippen molar-refractivity contribution in [3.63, 3.8) is 0 Å². The molecule has 0 aromatic carbocycles. The molecule has 1 heterocycles. The third-order valence-corrected chi connectivity index (χ3v) is 6.54. The highest BCUT2D eigenvalue weighted by Crippen LogP contribution is 2.65. The molecule has 4 saturated carbocycles. The average Bonchev–Trinajstić information content (AvgIpc) is 2.38. The topological polar surface area (TPSA) is 30.0 Å². The molecule has 3 heteroatoms. The van der Waals surface area contributed by atoms with Gasteiger partial charge in [0, 0.05) is 28.2 Å². The van der Waals surface area contributed by atoms with Crippen LogP contribution in [0.1, 0.15) is 51.1 Å². The van der Waals surface area contributed by atoms with Gasteiger partial charge in [0.2, 0.25) is 0 Å². The molecule has 1 aromatic heterocycles. The molecule has 0 N–H and O–H groups in total. The van der Waals surface area contributed by atoms with Gasteiger partial charge in [0.05, 0.1) is 0 Å². The summed E-state index contributed by atoms with van der Waals surface area (Å²) in [5.41, 5.74) is 1.34. The van der Waals surface area contributed by atoms with Crippen molar-refractivity contribution in [1.29, 1.82) is 0 Å². The van der Waals surface area contributed by atoms with E-state index in [-0.39, 0.29) is 5.41 Å². The number of carbonyl (C=O) groups excluding carboxylic acids is 1. The summed E-state index contributed by atoms with van der Waals surface area (Å²) in [6, 6.07) is 3.96. The number of hydrogen-bond donors (Lipinski definition) is 0. The number of pyridine rings is 1. The highest BCUT2D eigenvalue weighted by atomic mass is 79.9. The van der Waals surface area contributed by atoms with Gasteiger partial charge in [-0.1, -0.05) is 6.92 Å². The van der Waals surface area contributed by atoms with Crippen LogP contribution in [0.15, 0.2) is 22.8 Å². The molecule has 0 spiro atoms. The first-order valence-corrected chi connectivity index (χ1v) is 8.90. The van der Waals surface area contributed by atoms with E-state index in [1.807, 2.05) is 12.1 Å². The highest BCUT2D eigenvalue weighted by Gasteiger charge is 2.58. The Morgan fingerprint density at radius 3 is 2.57 bits per heavy atom. The molecule has 2 unspecified atom stereocenters. The summed E-state index contributed by atoms with van der Waals surface area (Å²) in [4.78, 5) is 17.4. The number of carbonyl (C=O) groups is 1. The molecule has 21 heavy (non-hydrogen) atoms. The number of nitrogens with zero attached hydrogens (tertiary/aromatic N) is 1. The Morgan fingerprint density at radius 1 is 1.29 bits per heavy atom. The van der Waals surface area contributed by atoms with Crippen LogP contribution in [0, 0.1) is 22.7 Å². The van der Waals surface area contributed by atoms with Gasteiger partial charge in [-0.3, -0.25) is 9.78 Å². The summed E-state index contributed by atoms with van der Waals surface area (Å²) >= 11 is 3.40. The van der Waals surface area contributed by atoms with Gasteiger partial charge in [-0.25, -0.2) is 0 Å². The fourth-order valence-electron chi connectivity index (χ4n) is 5.91. The van der Waals surface area contributed by atoms with Gasteiger partial charge in [-0.15, -0.1) is 0 Å². The van der Waals surface area contributed by atoms with Crippen LogP contribution in [0.4, 0.5) is 0 Å². The SMILES string of the molecule is CC12CC3CC(C1)CC(C(=O)Cc1ccc(Br)cn1)(C3)C2. The molecule has 5 rings (SSSR count). The van der Waals surface area contributed by atoms with Crippen LogP contribution in [0.25, 0.3) is 0 Å². The van der Waals surface area contributed by atoms with Crippen LogP contribution in [0.3, 0.4) is 0 Å². The minimum absolute atomic E-state index is 0.0203. The van der Waals surface area contributed by atoms with Crippen molar-refractivity contribution < 1.29 is 4.79 Å². The number of hydrogen-bond acceptors (Lipinski definition) is 2. The molecule has 2 atom stereocenters. The molecule has 4 fully saturated rings. The van der Waals surface area contributed by atoms with Gasteiger partial charge in [0.25, 0.3) is 0 Å². The Morgan fingerprint density at radius 2 is 2.00 bits per heavy atom. The monoisotopic (exact) mass is 347 g/mol. The fourth-order valence-corrected chi connectivity index (χ4v) is 6.14. The van der Waals surface area contributed by atoms with Gasteiger partial charge >= 0.3 is 0 Å². The minimum Gasteiger partial charge on any atom is -0.299 e. The van der Waals surface area contributed by atoms with Crippen molar-refractivity contribution in [1.82, 2.24) is 4.98 Å². The zero-order valence-corrected chi connectivity index (χ0v) is 14.2. The predicted octanol–water partition coefficient (Wildman–Crippen LogP) is 4.56. The van der Waals surface area contributed by atoms with Crippen molar-refractivity contribution in [2.75, 3.05) is 0 Å². The van der Waals surface area contributed by atoms with Crippen molar-refractivity contribution in [3.8, 4) is 0 Å². The molecule has 0 aliphatic heterocycles. The number of aromatic nitrogens is 1. The molecule has 4 aliphatic carbocycles. The van der Waals surface area contributed by atoms with Gasteiger partial charge < -0.3 is 0 Å². The lowest BCUT2D eigenvalue weighted by molar-refractivity contribution is -0.152. The largest absolute Gasteiger partial charge is 0.299 e. The number of ketones is 1. The third kappa shape index (κ3) is 2.38. The van der Waals surface area contributed by atoms with Crippen LogP contribution < -0.4 is 0 Å². The highest BCUT2D eigenvalue weighted by molar-refractivity contribution is 9.10. The molecule has 4 bridgehead atoms. The van der Waals surface area contributed by atoms with E-state index < -0.39 is 0 Å². The second kappa shape index (κ2) is 4.65. The molecule has 0 radical (unpaired) electrons. The van der Waals surface area contributed by atoms with Gasteiger partial charge in [0.15, 0.2) is 0 Å². The lowest BCUT2D eigenvalue weighted by Gasteiger charge is -2.60. The Hall–Kier alpha value is -0.700. The molecule has 112 valence electrons. The summed E-state index contributed by atoms with van der Waals surface area (Å²) in [5, 5.41) is 0. The predicted molar refractivity (Wildman–Crippen MR) is 85.9 cm³/mol. The summed E-state index contributed by atoms with van der Waals surface area (Å²) in [6.45, 7) is 2.42. The van der Waals surface area contributed by atoms with Gasteiger partial charge in [0.1, 0.15) is 5.78 Å². The molecule has 0 saturated heterocycles. The van der Waals surface area contributed by atoms with Crippen LogP contribution in [0.5, 0.6) is 0 Å². The number of rotatable bonds is 3. The first-order chi connectivity index (χ1) is 9.96. The van der Waals surface area contributed by atoms with E-state index in [1.54, 1.807) is 6.20 Å². The fraction of sp³-hybridized carbons (Fsp3) is 0.667. The Balaban J connectivity index is 1.57. The standard InChI is InChI=1S/C18H22BrNO/c1-17-6-12-4-13(7-17)9-18(8-12,11-17)16(21)5-15-3-2-14(19)10-20-15/h2-3,10,12-13H,4-9,11H2,1H3. The summed E-state index contributed by atoms with van der Waals surface area (Å²) in [7, 11) is 0. The van der Waals surface area contributed by atoms with Crippen LogP contribution >= 0.6 is 15.9 Å². The van der Waals surface area contributed by atoms with Crippen LogP contribution in [-0.2, 0) is 11.2 Å². The van der Waals surface area contributed by atoms with Crippen molar-refractivity contribution in [2.45, 2.75) is 51.9 Å². The maximum atomic E-state index is 13.0. The summed E-state index contributed by atoms with van der Waals surface area (Å²) < 4.78 is 0.973. The van der Waals surface area contributed by atoms with Gasteiger partial charge in [-0.05, 0) is 83.8 Å². The molecule has 1 aromatic rings. The zero-order chi connectivity index (χ0) is 14.7. The summed E-state index contributed by atoms with van der Waals surface area (Å²) in [5.74, 6) is 2.06. The van der Waals surface area contributed by atoms with E-state index >= 15 is 0 Å². The normalized spacial score (nSPS) is 40.5. The van der Waals surface area contributed by atoms with Crippen molar-refractivity contribution in [2.24, 2.45) is 22.7 Å². The number of Topliss-reactive ketones (excluding diaryl/α,β-unsaturated/α-hetero) is 1. The van der Waals surface area contributed by atoms with E-state index in [4.69, 9.17) is 0 Å². The van der Waals surface area contributed by atoms with E-state index in [9.17, 15) is 4.79 Å². The lowest BCUT2D eigenvalue weighted by atomic mass is 9.43. The Labute approximate surface area is 134 Å². The zero-order valence-electron chi connectivity index (χ0n) is 12.6. The molecular weight excluding hydrogens is 326 g/mol. The average molecular weight is 348 g/mol. The minimum atomic E-state index is -0.0203. The maximum Gasteiger partial charge on any atom is 0.145 e. The van der Waals surface area contributed by atoms with E-state index in [1.165, 1.54) is 19.3 Å². The molecule has 0 amide bonds. The Bertz CT molecular complexity index is 565. The van der Waals surface area contributed by atoms with Crippen LogP contribution in [0.2, 0.25) is 0 Å². The van der Waals surface area contributed by atoms with Crippen molar-refractivity contribution in [3.05, 3.63) is 28.5 Å².